The Morgan fingerprint density at radius 2 is 1.62 bits per heavy atom. The lowest BCUT2D eigenvalue weighted by Gasteiger charge is -2.33. The molecule has 0 heterocycles. The highest BCUT2D eigenvalue weighted by Gasteiger charge is 2.24. The molecule has 2 unspecified atom stereocenters. The van der Waals surface area contributed by atoms with Gasteiger partial charge in [-0.2, -0.15) is 0 Å². The predicted molar refractivity (Wildman–Crippen MR) is 93.9 cm³/mol. The Morgan fingerprint density at radius 1 is 1.05 bits per heavy atom. The van der Waals surface area contributed by atoms with Gasteiger partial charge in [0.05, 0.1) is 0 Å². The number of nitrogens with one attached hydrogen (secondary N) is 1. The topological polar surface area (TPSA) is 15.3 Å². The maximum atomic E-state index is 3.73. The first-order valence-corrected chi connectivity index (χ1v) is 8.19. The normalized spacial score (nSPS) is 15.5. The van der Waals surface area contributed by atoms with Crippen LogP contribution in [0.3, 0.4) is 0 Å². The second-order valence-electron chi connectivity index (χ2n) is 7.54. The maximum absolute atomic E-state index is 3.73. The summed E-state index contributed by atoms with van der Waals surface area (Å²) in [4.78, 5) is 2.33. The van der Waals surface area contributed by atoms with Gasteiger partial charge in [0, 0.05) is 18.6 Å². The number of rotatable bonds is 8. The summed E-state index contributed by atoms with van der Waals surface area (Å²) in [6.45, 7) is 12.6. The summed E-state index contributed by atoms with van der Waals surface area (Å²) in [6, 6.07) is 11.9. The molecule has 0 aliphatic rings. The Bertz CT molecular complexity index is 387. The molecule has 0 saturated carbocycles. The molecule has 0 aromatic heterocycles. The Kier molecular flexibility index (Phi) is 6.89. The summed E-state index contributed by atoms with van der Waals surface area (Å²) in [6.07, 6.45) is 1.15. The molecule has 0 aliphatic carbocycles. The van der Waals surface area contributed by atoms with Crippen LogP contribution in [0.5, 0.6) is 0 Å². The highest BCUT2D eigenvalue weighted by Crippen LogP contribution is 2.28. The van der Waals surface area contributed by atoms with Gasteiger partial charge in [0.2, 0.25) is 0 Å². The van der Waals surface area contributed by atoms with Crippen LogP contribution in [0.15, 0.2) is 30.3 Å². The van der Waals surface area contributed by atoms with E-state index < -0.39 is 0 Å². The lowest BCUT2D eigenvalue weighted by atomic mass is 9.79. The quantitative estimate of drug-likeness (QED) is 0.780. The summed E-state index contributed by atoms with van der Waals surface area (Å²) in [5.41, 5.74) is 1.63. The molecule has 2 heteroatoms. The molecule has 1 aromatic rings. The van der Waals surface area contributed by atoms with E-state index in [1.54, 1.807) is 0 Å². The molecular weight excluding hydrogens is 256 g/mol. The van der Waals surface area contributed by atoms with Crippen LogP contribution in [-0.2, 0) is 5.41 Å². The SMILES string of the molecule is CC(CC(C)(C)c1ccccc1)NCC(C(C)C)N(C)C. The second-order valence-corrected chi connectivity index (χ2v) is 7.54. The van der Waals surface area contributed by atoms with Crippen molar-refractivity contribution in [3.8, 4) is 0 Å². The van der Waals surface area contributed by atoms with Gasteiger partial charge in [-0.3, -0.25) is 0 Å². The van der Waals surface area contributed by atoms with Crippen LogP contribution in [0.25, 0.3) is 0 Å². The number of hydrogen-bond donors (Lipinski definition) is 1. The van der Waals surface area contributed by atoms with E-state index in [-0.39, 0.29) is 5.41 Å². The summed E-state index contributed by atoms with van der Waals surface area (Å²) >= 11 is 0. The van der Waals surface area contributed by atoms with Crippen LogP contribution in [-0.4, -0.2) is 37.6 Å². The fraction of sp³-hybridized carbons (Fsp3) is 0.684. The van der Waals surface area contributed by atoms with E-state index in [0.29, 0.717) is 18.0 Å². The molecule has 1 aromatic carbocycles. The van der Waals surface area contributed by atoms with Crippen molar-refractivity contribution >= 4 is 0 Å². The van der Waals surface area contributed by atoms with Crippen molar-refractivity contribution in [2.45, 2.75) is 58.5 Å². The molecular formula is C19H34N2. The van der Waals surface area contributed by atoms with Gasteiger partial charge in [-0.05, 0) is 44.3 Å². The summed E-state index contributed by atoms with van der Waals surface area (Å²) in [5.74, 6) is 0.668. The first kappa shape index (κ1) is 18.2. The van der Waals surface area contributed by atoms with Crippen molar-refractivity contribution in [1.82, 2.24) is 10.2 Å². The average Bonchev–Trinajstić information content (AvgIpc) is 2.38. The van der Waals surface area contributed by atoms with Crippen molar-refractivity contribution < 1.29 is 0 Å². The Labute approximate surface area is 131 Å². The monoisotopic (exact) mass is 290 g/mol. The highest BCUT2D eigenvalue weighted by atomic mass is 15.1. The first-order valence-electron chi connectivity index (χ1n) is 8.19. The van der Waals surface area contributed by atoms with Crippen LogP contribution < -0.4 is 5.32 Å². The Morgan fingerprint density at radius 3 is 2.10 bits per heavy atom. The molecule has 1 rings (SSSR count). The van der Waals surface area contributed by atoms with Crippen molar-refractivity contribution in [3.63, 3.8) is 0 Å². The van der Waals surface area contributed by atoms with Gasteiger partial charge in [0.25, 0.3) is 0 Å². The third-order valence-corrected chi connectivity index (χ3v) is 4.48. The summed E-state index contributed by atoms with van der Waals surface area (Å²) in [7, 11) is 4.34. The highest BCUT2D eigenvalue weighted by molar-refractivity contribution is 5.23. The van der Waals surface area contributed by atoms with E-state index in [4.69, 9.17) is 0 Å². The van der Waals surface area contributed by atoms with Gasteiger partial charge >= 0.3 is 0 Å². The zero-order chi connectivity index (χ0) is 16.0. The number of benzene rings is 1. The average molecular weight is 290 g/mol. The minimum atomic E-state index is 0.207. The van der Waals surface area contributed by atoms with Crippen molar-refractivity contribution in [1.29, 1.82) is 0 Å². The minimum absolute atomic E-state index is 0.207. The maximum Gasteiger partial charge on any atom is 0.0237 e. The van der Waals surface area contributed by atoms with Gasteiger partial charge in [-0.25, -0.2) is 0 Å². The van der Waals surface area contributed by atoms with Gasteiger partial charge in [0.15, 0.2) is 0 Å². The first-order chi connectivity index (χ1) is 9.74. The molecule has 0 saturated heterocycles. The van der Waals surface area contributed by atoms with E-state index in [0.717, 1.165) is 13.0 Å². The van der Waals surface area contributed by atoms with Crippen LogP contribution in [0.2, 0.25) is 0 Å². The van der Waals surface area contributed by atoms with Crippen LogP contribution in [0.4, 0.5) is 0 Å². The summed E-state index contributed by atoms with van der Waals surface area (Å²) < 4.78 is 0. The molecule has 21 heavy (non-hydrogen) atoms. The van der Waals surface area contributed by atoms with Crippen LogP contribution in [0, 0.1) is 5.92 Å². The predicted octanol–water partition coefficient (Wildman–Crippen LogP) is 3.92. The largest absolute Gasteiger partial charge is 0.313 e. The molecule has 0 fully saturated rings. The third kappa shape index (κ3) is 5.80. The zero-order valence-corrected chi connectivity index (χ0v) is 15.0. The van der Waals surface area contributed by atoms with Crippen molar-refractivity contribution in [3.05, 3.63) is 35.9 Å². The lowest BCUT2D eigenvalue weighted by molar-refractivity contribution is 0.215. The van der Waals surface area contributed by atoms with E-state index in [1.807, 2.05) is 0 Å². The number of hydrogen-bond acceptors (Lipinski definition) is 2. The summed E-state index contributed by atoms with van der Waals surface area (Å²) in [5, 5.41) is 3.73. The van der Waals surface area contributed by atoms with Gasteiger partial charge in [-0.15, -0.1) is 0 Å². The fourth-order valence-electron chi connectivity index (χ4n) is 3.18. The number of likely N-dealkylation sites (N-methyl/N-ethyl adjacent to an activating group) is 1. The van der Waals surface area contributed by atoms with Crippen molar-refractivity contribution in [2.24, 2.45) is 5.92 Å². The molecule has 0 bridgehead atoms. The number of nitrogens with zero attached hydrogens (tertiary/aromatic N) is 1. The zero-order valence-electron chi connectivity index (χ0n) is 15.0. The molecule has 2 nitrogen and oxygen atoms in total. The van der Waals surface area contributed by atoms with Gasteiger partial charge in [0.1, 0.15) is 0 Å². The molecule has 0 radical (unpaired) electrons. The molecule has 0 aliphatic heterocycles. The van der Waals surface area contributed by atoms with Crippen molar-refractivity contribution in [2.75, 3.05) is 20.6 Å². The standard InChI is InChI=1S/C19H34N2/c1-15(2)18(21(6)7)14-20-16(3)13-19(4,5)17-11-9-8-10-12-17/h8-12,15-16,18,20H,13-14H2,1-7H3. The fourth-order valence-corrected chi connectivity index (χ4v) is 3.18. The molecule has 1 N–H and O–H groups in total. The van der Waals surface area contributed by atoms with Crippen LogP contribution >= 0.6 is 0 Å². The minimum Gasteiger partial charge on any atom is -0.313 e. The molecule has 0 spiro atoms. The van der Waals surface area contributed by atoms with E-state index in [2.05, 4.69) is 89.3 Å². The van der Waals surface area contributed by atoms with E-state index >= 15 is 0 Å². The Hall–Kier alpha value is -0.860. The molecule has 2 atom stereocenters. The van der Waals surface area contributed by atoms with Gasteiger partial charge in [-0.1, -0.05) is 58.0 Å². The van der Waals surface area contributed by atoms with E-state index in [9.17, 15) is 0 Å². The van der Waals surface area contributed by atoms with Crippen LogP contribution in [0.1, 0.15) is 46.6 Å². The van der Waals surface area contributed by atoms with Gasteiger partial charge < -0.3 is 10.2 Å². The Balaban J connectivity index is 2.55. The molecule has 0 amide bonds. The lowest BCUT2D eigenvalue weighted by Crippen LogP contribution is -2.45. The molecule has 120 valence electrons. The smallest absolute Gasteiger partial charge is 0.0237 e. The van der Waals surface area contributed by atoms with E-state index in [1.165, 1.54) is 5.56 Å². The third-order valence-electron chi connectivity index (χ3n) is 4.48. The second kappa shape index (κ2) is 7.95.